The number of ether oxygens (including phenoxy) is 2. The third-order valence-corrected chi connectivity index (χ3v) is 6.12. The van der Waals surface area contributed by atoms with Crippen molar-refractivity contribution in [1.29, 1.82) is 0 Å². The fraction of sp³-hybridized carbons (Fsp3) is 0.367. The number of para-hydroxylation sites is 1. The number of hydrogen-bond acceptors (Lipinski definition) is 4. The Bertz CT molecular complexity index is 1040. The van der Waals surface area contributed by atoms with Gasteiger partial charge in [0.2, 0.25) is 5.91 Å². The minimum atomic E-state index is -0.279. The highest BCUT2D eigenvalue weighted by Gasteiger charge is 2.21. The smallest absolute Gasteiger partial charge is 0.217 e. The van der Waals surface area contributed by atoms with E-state index in [0.29, 0.717) is 19.4 Å². The highest BCUT2D eigenvalue weighted by molar-refractivity contribution is 5.74. The molecule has 0 saturated carbocycles. The predicted molar refractivity (Wildman–Crippen MR) is 143 cm³/mol. The standard InChI is InChI=1S/C28H32N2O3.C2H6/c1-21-4-2-3-5-27(21)33-26-16-18-30(19-17-26)24-11-6-23(7-12-24)20-32-25-13-8-22(9-14-25)10-15-28(29)31;1-2/h2-9,11-14,26H,10,15-20H2,1H3,(H2,29,31);1-2H3. The number of nitrogens with zero attached hydrogens (tertiary/aromatic N) is 1. The number of nitrogens with two attached hydrogens (primary N) is 1. The molecule has 3 aromatic rings. The first-order valence-electron chi connectivity index (χ1n) is 12.6. The number of anilines is 1. The molecule has 1 heterocycles. The van der Waals surface area contributed by atoms with Crippen molar-refractivity contribution in [1.82, 2.24) is 0 Å². The number of carbonyl (C=O) groups is 1. The average molecular weight is 475 g/mol. The van der Waals surface area contributed by atoms with Crippen molar-refractivity contribution in [3.8, 4) is 11.5 Å². The third-order valence-electron chi connectivity index (χ3n) is 6.12. The van der Waals surface area contributed by atoms with Gasteiger partial charge in [-0.3, -0.25) is 4.79 Å². The molecule has 5 nitrogen and oxygen atoms in total. The van der Waals surface area contributed by atoms with Crippen molar-refractivity contribution in [3.05, 3.63) is 89.5 Å². The minimum absolute atomic E-state index is 0.275. The summed E-state index contributed by atoms with van der Waals surface area (Å²) < 4.78 is 12.1. The number of benzene rings is 3. The fourth-order valence-electron chi connectivity index (χ4n) is 4.09. The van der Waals surface area contributed by atoms with Crippen molar-refractivity contribution >= 4 is 11.6 Å². The second-order valence-corrected chi connectivity index (χ2v) is 8.64. The van der Waals surface area contributed by atoms with Crippen LogP contribution in [-0.4, -0.2) is 25.1 Å². The van der Waals surface area contributed by atoms with E-state index in [1.165, 1.54) is 11.3 Å². The van der Waals surface area contributed by atoms with Gasteiger partial charge in [-0.1, -0.05) is 56.3 Å². The Labute approximate surface area is 209 Å². The van der Waals surface area contributed by atoms with Crippen LogP contribution in [0, 0.1) is 6.92 Å². The van der Waals surface area contributed by atoms with Crippen LogP contribution in [-0.2, 0) is 17.8 Å². The molecule has 1 aliphatic heterocycles. The van der Waals surface area contributed by atoms with E-state index in [2.05, 4.69) is 48.2 Å². The van der Waals surface area contributed by atoms with Gasteiger partial charge in [0, 0.05) is 38.0 Å². The number of hydrogen-bond donors (Lipinski definition) is 1. The number of amides is 1. The molecule has 35 heavy (non-hydrogen) atoms. The van der Waals surface area contributed by atoms with Crippen molar-refractivity contribution in [2.45, 2.75) is 59.2 Å². The van der Waals surface area contributed by atoms with Gasteiger partial charge in [0.1, 0.15) is 24.2 Å². The molecular formula is C30H38N2O3. The lowest BCUT2D eigenvalue weighted by Crippen LogP contribution is -2.38. The average Bonchev–Trinajstić information content (AvgIpc) is 2.90. The van der Waals surface area contributed by atoms with E-state index in [0.717, 1.165) is 48.6 Å². The van der Waals surface area contributed by atoms with Crippen LogP contribution in [0.3, 0.4) is 0 Å². The number of aryl methyl sites for hydroxylation is 2. The van der Waals surface area contributed by atoms with Gasteiger partial charge in [0.15, 0.2) is 0 Å². The van der Waals surface area contributed by atoms with Crippen LogP contribution in [0.15, 0.2) is 72.8 Å². The van der Waals surface area contributed by atoms with Crippen LogP contribution >= 0.6 is 0 Å². The molecule has 186 valence electrons. The molecule has 0 atom stereocenters. The molecule has 0 bridgehead atoms. The molecular weight excluding hydrogens is 436 g/mol. The normalized spacial score (nSPS) is 13.5. The molecule has 4 rings (SSSR count). The largest absolute Gasteiger partial charge is 0.490 e. The Balaban J connectivity index is 0.00000167. The second-order valence-electron chi connectivity index (χ2n) is 8.64. The van der Waals surface area contributed by atoms with Crippen molar-refractivity contribution < 1.29 is 14.3 Å². The van der Waals surface area contributed by atoms with Crippen LogP contribution in [0.1, 0.15) is 49.8 Å². The number of rotatable bonds is 9. The van der Waals surface area contributed by atoms with Crippen LogP contribution < -0.4 is 20.1 Å². The maximum Gasteiger partial charge on any atom is 0.217 e. The molecule has 1 saturated heterocycles. The molecule has 0 aromatic heterocycles. The summed E-state index contributed by atoms with van der Waals surface area (Å²) in [5.74, 6) is 1.54. The van der Waals surface area contributed by atoms with Crippen molar-refractivity contribution in [3.63, 3.8) is 0 Å². The van der Waals surface area contributed by atoms with Gasteiger partial charge in [-0.05, 0) is 60.4 Å². The number of piperidine rings is 1. The highest BCUT2D eigenvalue weighted by Crippen LogP contribution is 2.25. The lowest BCUT2D eigenvalue weighted by atomic mass is 10.1. The SMILES string of the molecule is CC.Cc1ccccc1OC1CCN(c2ccc(COc3ccc(CCC(N)=O)cc3)cc2)CC1. The van der Waals surface area contributed by atoms with E-state index < -0.39 is 0 Å². The Hall–Kier alpha value is -3.47. The first kappa shape index (κ1) is 26.1. The van der Waals surface area contributed by atoms with Gasteiger partial charge < -0.3 is 20.1 Å². The van der Waals surface area contributed by atoms with E-state index in [-0.39, 0.29) is 12.0 Å². The summed E-state index contributed by atoms with van der Waals surface area (Å²) in [6.45, 7) is 8.60. The zero-order valence-corrected chi connectivity index (χ0v) is 21.2. The van der Waals surface area contributed by atoms with Crippen molar-refractivity contribution in [2.24, 2.45) is 5.73 Å². The van der Waals surface area contributed by atoms with E-state index >= 15 is 0 Å². The highest BCUT2D eigenvalue weighted by atomic mass is 16.5. The summed E-state index contributed by atoms with van der Waals surface area (Å²) in [5.41, 5.74) is 9.86. The molecule has 1 aliphatic rings. The topological polar surface area (TPSA) is 64.8 Å². The van der Waals surface area contributed by atoms with E-state index in [1.54, 1.807) is 0 Å². The Morgan fingerprint density at radius 2 is 1.54 bits per heavy atom. The number of primary amides is 1. The summed E-state index contributed by atoms with van der Waals surface area (Å²) in [7, 11) is 0. The minimum Gasteiger partial charge on any atom is -0.490 e. The molecule has 5 heteroatoms. The van der Waals surface area contributed by atoms with Crippen LogP contribution in [0.4, 0.5) is 5.69 Å². The summed E-state index contributed by atoms with van der Waals surface area (Å²) in [6.07, 6.45) is 3.34. The first-order valence-corrected chi connectivity index (χ1v) is 12.6. The summed E-state index contributed by atoms with van der Waals surface area (Å²) in [5, 5.41) is 0. The van der Waals surface area contributed by atoms with Gasteiger partial charge in [-0.15, -0.1) is 0 Å². The first-order chi connectivity index (χ1) is 17.1. The van der Waals surface area contributed by atoms with Crippen LogP contribution in [0.25, 0.3) is 0 Å². The third kappa shape index (κ3) is 8.06. The molecule has 0 unspecified atom stereocenters. The van der Waals surface area contributed by atoms with E-state index in [9.17, 15) is 4.79 Å². The summed E-state index contributed by atoms with van der Waals surface area (Å²) in [4.78, 5) is 13.3. The summed E-state index contributed by atoms with van der Waals surface area (Å²) >= 11 is 0. The quantitative estimate of drug-likeness (QED) is 0.409. The zero-order chi connectivity index (χ0) is 25.0. The predicted octanol–water partition coefficient (Wildman–Crippen LogP) is 6.07. The molecule has 0 radical (unpaired) electrons. The van der Waals surface area contributed by atoms with Crippen LogP contribution in [0.2, 0.25) is 0 Å². The Morgan fingerprint density at radius 3 is 2.17 bits per heavy atom. The zero-order valence-electron chi connectivity index (χ0n) is 21.2. The van der Waals surface area contributed by atoms with Crippen molar-refractivity contribution in [2.75, 3.05) is 18.0 Å². The Morgan fingerprint density at radius 1 is 0.914 bits per heavy atom. The lowest BCUT2D eigenvalue weighted by molar-refractivity contribution is -0.117. The summed E-state index contributed by atoms with van der Waals surface area (Å²) in [6, 6.07) is 24.7. The molecule has 1 fully saturated rings. The second kappa shape index (κ2) is 13.4. The van der Waals surface area contributed by atoms with E-state index in [1.807, 2.05) is 50.2 Å². The van der Waals surface area contributed by atoms with Gasteiger partial charge in [-0.25, -0.2) is 0 Å². The van der Waals surface area contributed by atoms with Gasteiger partial charge in [-0.2, -0.15) is 0 Å². The van der Waals surface area contributed by atoms with Gasteiger partial charge in [0.05, 0.1) is 0 Å². The molecule has 0 aliphatic carbocycles. The number of carbonyl (C=O) groups excluding carboxylic acids is 1. The molecule has 0 spiro atoms. The van der Waals surface area contributed by atoms with E-state index in [4.69, 9.17) is 15.2 Å². The molecule has 1 amide bonds. The monoisotopic (exact) mass is 474 g/mol. The maximum absolute atomic E-state index is 10.9. The van der Waals surface area contributed by atoms with Crippen LogP contribution in [0.5, 0.6) is 11.5 Å². The lowest BCUT2D eigenvalue weighted by Gasteiger charge is -2.34. The maximum atomic E-state index is 10.9. The Kier molecular flexibility index (Phi) is 10.0. The molecule has 3 aromatic carbocycles. The molecule has 2 N–H and O–H groups in total. The fourth-order valence-corrected chi connectivity index (χ4v) is 4.09. The van der Waals surface area contributed by atoms with Gasteiger partial charge in [0.25, 0.3) is 0 Å². The van der Waals surface area contributed by atoms with Gasteiger partial charge >= 0.3 is 0 Å².